The molecule has 3 heterocycles. The summed E-state index contributed by atoms with van der Waals surface area (Å²) in [5.74, 6) is 0.657. The summed E-state index contributed by atoms with van der Waals surface area (Å²) in [6.07, 6.45) is 2.16. The van der Waals surface area contributed by atoms with Crippen molar-refractivity contribution >= 4 is 43.5 Å². The number of benzene rings is 6. The van der Waals surface area contributed by atoms with Gasteiger partial charge in [0.1, 0.15) is 0 Å². The number of hydrogen-bond donors (Lipinski definition) is 0. The first-order valence-corrected chi connectivity index (χ1v) is 14.8. The molecule has 0 aliphatic rings. The Morgan fingerprint density at radius 2 is 1.02 bits per heavy atom. The number of para-hydroxylation sites is 2. The van der Waals surface area contributed by atoms with Crippen LogP contribution in [0.4, 0.5) is 0 Å². The molecule has 206 valence electrons. The van der Waals surface area contributed by atoms with Crippen LogP contribution in [0.2, 0.25) is 0 Å². The summed E-state index contributed by atoms with van der Waals surface area (Å²) in [6, 6.07) is 53.2. The maximum absolute atomic E-state index is 5.21. The molecule has 4 heteroatoms. The van der Waals surface area contributed by atoms with Crippen LogP contribution < -0.4 is 0 Å². The average molecular weight is 563 g/mol. The first-order chi connectivity index (χ1) is 21.8. The molecule has 0 spiro atoms. The Balaban J connectivity index is 1.35. The van der Waals surface area contributed by atoms with Crippen molar-refractivity contribution in [2.24, 2.45) is 0 Å². The lowest BCUT2D eigenvalue weighted by atomic mass is 10.0. The highest BCUT2D eigenvalue weighted by molar-refractivity contribution is 6.18. The summed E-state index contributed by atoms with van der Waals surface area (Å²) < 4.78 is 4.49. The fraction of sp³-hybridized carbons (Fsp3) is 0. The second kappa shape index (κ2) is 9.79. The lowest BCUT2D eigenvalue weighted by molar-refractivity contribution is 0.996. The number of rotatable bonds is 4. The van der Waals surface area contributed by atoms with E-state index < -0.39 is 0 Å². The Hall–Kier alpha value is -6.00. The van der Waals surface area contributed by atoms with Crippen molar-refractivity contribution in [1.82, 2.24) is 19.1 Å². The van der Waals surface area contributed by atoms with Gasteiger partial charge in [0.05, 0.1) is 27.9 Å². The minimum atomic E-state index is 0.657. The van der Waals surface area contributed by atoms with E-state index in [9.17, 15) is 0 Å². The van der Waals surface area contributed by atoms with Gasteiger partial charge in [-0.25, -0.2) is 9.97 Å². The third-order valence-corrected chi connectivity index (χ3v) is 8.57. The molecule has 0 bridgehead atoms. The highest BCUT2D eigenvalue weighted by Crippen LogP contribution is 2.38. The van der Waals surface area contributed by atoms with Gasteiger partial charge < -0.3 is 4.57 Å². The number of hydrogen-bond acceptors (Lipinski definition) is 2. The molecule has 0 saturated heterocycles. The van der Waals surface area contributed by atoms with E-state index in [2.05, 4.69) is 155 Å². The normalized spacial score (nSPS) is 11.6. The monoisotopic (exact) mass is 562 g/mol. The summed E-state index contributed by atoms with van der Waals surface area (Å²) in [6.45, 7) is 0. The SMILES string of the molecule is c1ccc(-c2cc(-c3ccccc3)nc(-n3c4ccccc4c4cc5ccc6c(ccn6-c6ccccc6)c5cc43)n2)cc1. The molecule has 0 saturated carbocycles. The van der Waals surface area contributed by atoms with Crippen molar-refractivity contribution in [1.29, 1.82) is 0 Å². The van der Waals surface area contributed by atoms with Crippen LogP contribution in [0.3, 0.4) is 0 Å². The fourth-order valence-corrected chi connectivity index (χ4v) is 6.49. The van der Waals surface area contributed by atoms with Crippen molar-refractivity contribution in [2.45, 2.75) is 0 Å². The zero-order valence-corrected chi connectivity index (χ0v) is 23.8. The summed E-state index contributed by atoms with van der Waals surface area (Å²) in [7, 11) is 0. The van der Waals surface area contributed by atoms with Crippen molar-refractivity contribution in [3.8, 4) is 34.2 Å². The van der Waals surface area contributed by atoms with Crippen LogP contribution in [-0.2, 0) is 0 Å². The van der Waals surface area contributed by atoms with Gasteiger partial charge in [-0.3, -0.25) is 4.57 Å². The zero-order chi connectivity index (χ0) is 29.0. The Kier molecular flexibility index (Phi) is 5.47. The minimum Gasteiger partial charge on any atom is -0.317 e. The van der Waals surface area contributed by atoms with Crippen LogP contribution in [0.5, 0.6) is 0 Å². The van der Waals surface area contributed by atoms with Gasteiger partial charge in [0.15, 0.2) is 0 Å². The van der Waals surface area contributed by atoms with Gasteiger partial charge in [-0.15, -0.1) is 0 Å². The molecule has 0 amide bonds. The molecule has 9 rings (SSSR count). The molecule has 0 fully saturated rings. The van der Waals surface area contributed by atoms with Gasteiger partial charge in [-0.1, -0.05) is 103 Å². The van der Waals surface area contributed by atoms with E-state index in [1.165, 1.54) is 32.4 Å². The third-order valence-electron chi connectivity index (χ3n) is 8.57. The average Bonchev–Trinajstić information content (AvgIpc) is 3.68. The topological polar surface area (TPSA) is 35.6 Å². The van der Waals surface area contributed by atoms with Crippen LogP contribution in [0, 0.1) is 0 Å². The van der Waals surface area contributed by atoms with Crippen LogP contribution in [0.15, 0.2) is 158 Å². The molecule has 9 aromatic rings. The summed E-state index contributed by atoms with van der Waals surface area (Å²) in [5, 5.41) is 6.00. The predicted octanol–water partition coefficient (Wildman–Crippen LogP) is 10.0. The van der Waals surface area contributed by atoms with E-state index in [-0.39, 0.29) is 0 Å². The summed E-state index contributed by atoms with van der Waals surface area (Å²) >= 11 is 0. The molecule has 0 unspecified atom stereocenters. The number of aromatic nitrogens is 4. The van der Waals surface area contributed by atoms with Crippen LogP contribution in [0.1, 0.15) is 0 Å². The van der Waals surface area contributed by atoms with Crippen molar-refractivity contribution in [3.05, 3.63) is 158 Å². The molecule has 0 atom stereocenters. The molecule has 4 nitrogen and oxygen atoms in total. The molecule has 3 aromatic heterocycles. The van der Waals surface area contributed by atoms with Gasteiger partial charge >= 0.3 is 0 Å². The van der Waals surface area contributed by atoms with Crippen LogP contribution >= 0.6 is 0 Å². The van der Waals surface area contributed by atoms with Gasteiger partial charge in [-0.05, 0) is 59.3 Å². The lowest BCUT2D eigenvalue weighted by Crippen LogP contribution is -2.04. The molecule has 6 aromatic carbocycles. The zero-order valence-electron chi connectivity index (χ0n) is 23.8. The second-order valence-electron chi connectivity index (χ2n) is 11.1. The van der Waals surface area contributed by atoms with Crippen molar-refractivity contribution in [2.75, 3.05) is 0 Å². The Morgan fingerprint density at radius 1 is 0.409 bits per heavy atom. The van der Waals surface area contributed by atoms with Gasteiger partial charge in [0.25, 0.3) is 0 Å². The molecule has 0 radical (unpaired) electrons. The first kappa shape index (κ1) is 24.6. The summed E-state index contributed by atoms with van der Waals surface area (Å²) in [4.78, 5) is 10.4. The van der Waals surface area contributed by atoms with E-state index in [0.29, 0.717) is 5.95 Å². The molecular weight excluding hydrogens is 536 g/mol. The Bertz CT molecular complexity index is 2420. The maximum atomic E-state index is 5.21. The molecule has 44 heavy (non-hydrogen) atoms. The fourth-order valence-electron chi connectivity index (χ4n) is 6.49. The molecular formula is C40H26N4. The lowest BCUT2D eigenvalue weighted by Gasteiger charge is -2.12. The van der Waals surface area contributed by atoms with Crippen LogP contribution in [0.25, 0.3) is 77.6 Å². The quantitative estimate of drug-likeness (QED) is 0.214. The second-order valence-corrected chi connectivity index (χ2v) is 11.1. The smallest absolute Gasteiger partial charge is 0.235 e. The van der Waals surface area contributed by atoms with Crippen LogP contribution in [-0.4, -0.2) is 19.1 Å². The van der Waals surface area contributed by atoms with E-state index in [1.807, 2.05) is 12.1 Å². The number of fused-ring (bicyclic) bond motifs is 6. The third kappa shape index (κ3) is 3.85. The maximum Gasteiger partial charge on any atom is 0.235 e. The van der Waals surface area contributed by atoms with Gasteiger partial charge in [0.2, 0.25) is 5.95 Å². The Labute approximate surface area is 254 Å². The van der Waals surface area contributed by atoms with Crippen molar-refractivity contribution in [3.63, 3.8) is 0 Å². The highest BCUT2D eigenvalue weighted by atomic mass is 15.2. The van der Waals surface area contributed by atoms with Gasteiger partial charge in [-0.2, -0.15) is 0 Å². The standard InChI is InChI=1S/C40H26N4/c1-4-12-27(13-5-1)35-26-36(28-14-6-2-7-15-28)42-40(41-35)44-38-19-11-10-18-31(38)34-24-29-20-21-37-32(33(29)25-39(34)44)22-23-43(37)30-16-8-3-9-17-30/h1-26H. The predicted molar refractivity (Wildman–Crippen MR) is 182 cm³/mol. The minimum absolute atomic E-state index is 0.657. The Morgan fingerprint density at radius 3 is 1.73 bits per heavy atom. The largest absolute Gasteiger partial charge is 0.317 e. The molecule has 0 N–H and O–H groups in total. The number of nitrogens with zero attached hydrogens (tertiary/aromatic N) is 4. The molecule has 0 aliphatic heterocycles. The van der Waals surface area contributed by atoms with Crippen molar-refractivity contribution < 1.29 is 0 Å². The summed E-state index contributed by atoms with van der Waals surface area (Å²) in [5.41, 5.74) is 8.40. The van der Waals surface area contributed by atoms with E-state index in [4.69, 9.17) is 9.97 Å². The molecule has 0 aliphatic carbocycles. The van der Waals surface area contributed by atoms with E-state index >= 15 is 0 Å². The van der Waals surface area contributed by atoms with E-state index in [1.54, 1.807) is 0 Å². The highest BCUT2D eigenvalue weighted by Gasteiger charge is 2.18. The first-order valence-electron chi connectivity index (χ1n) is 14.8. The van der Waals surface area contributed by atoms with Gasteiger partial charge in [0, 0.05) is 39.2 Å². The van der Waals surface area contributed by atoms with E-state index in [0.717, 1.165) is 39.2 Å².